The first-order chi connectivity index (χ1) is 20.0. The predicted molar refractivity (Wildman–Crippen MR) is 170 cm³/mol. The summed E-state index contributed by atoms with van der Waals surface area (Å²) >= 11 is 0. The predicted octanol–water partition coefficient (Wildman–Crippen LogP) is 7.60. The fraction of sp³-hybridized carbons (Fsp3) is 0.588. The van der Waals surface area contributed by atoms with E-state index in [2.05, 4.69) is 48.8 Å². The number of pyridine rings is 1. The molecule has 3 rings (SSSR count). The maximum absolute atomic E-state index is 12.6. The van der Waals surface area contributed by atoms with Crippen LogP contribution in [-0.2, 0) is 15.7 Å². The molecule has 1 atom stereocenters. The molecule has 0 saturated heterocycles. The van der Waals surface area contributed by atoms with Gasteiger partial charge in [-0.2, -0.15) is 13.2 Å². The first-order valence-electron chi connectivity index (χ1n) is 15.4. The van der Waals surface area contributed by atoms with Gasteiger partial charge in [-0.05, 0) is 41.3 Å². The van der Waals surface area contributed by atoms with Crippen LogP contribution in [0.2, 0.25) is 0 Å². The number of rotatable bonds is 9. The van der Waals surface area contributed by atoms with E-state index in [1.807, 2.05) is 27.7 Å². The molecule has 2 aromatic rings. The Bertz CT molecular complexity index is 1080. The summed E-state index contributed by atoms with van der Waals surface area (Å²) in [5.74, 6) is 1.84. The molecule has 0 bridgehead atoms. The quantitative estimate of drug-likeness (QED) is 0.155. The second-order valence-corrected chi connectivity index (χ2v) is 9.73. The van der Waals surface area contributed by atoms with Crippen LogP contribution in [0.4, 0.5) is 13.2 Å². The second-order valence-electron chi connectivity index (χ2n) is 9.73. The Hall–Kier alpha value is -1.98. The first kappa shape index (κ1) is 45.5. The second kappa shape index (κ2) is 27.6. The molecule has 244 valence electrons. The number of halogens is 3. The van der Waals surface area contributed by atoms with Crippen LogP contribution in [0, 0.1) is 49.0 Å². The summed E-state index contributed by atoms with van der Waals surface area (Å²) < 4.78 is 42.1. The third kappa shape index (κ3) is 19.8. The average molecular weight is 833 g/mol. The van der Waals surface area contributed by atoms with Gasteiger partial charge in [0.25, 0.3) is 6.47 Å². The molecule has 5 nitrogen and oxygen atoms in total. The van der Waals surface area contributed by atoms with Gasteiger partial charge in [-0.1, -0.05) is 87.5 Å². The van der Waals surface area contributed by atoms with Gasteiger partial charge in [0.15, 0.2) is 0 Å². The number of unbranched alkanes of at least 4 members (excludes halogenated alkanes) is 1. The SMILES string of the molecule is CC.CC.CCC(C)CCCCC(C)C.CCOC=O.NC1=c2cnccc2=C(c2[c-]cc(C(F)(F)F)cc2)NCC1.[U]. The molecule has 0 aliphatic carbocycles. The third-order valence-corrected chi connectivity index (χ3v) is 6.20. The maximum atomic E-state index is 12.6. The van der Waals surface area contributed by atoms with Gasteiger partial charge in [0.05, 0.1) is 6.61 Å². The Morgan fingerprint density at radius 2 is 1.67 bits per heavy atom. The molecule has 0 amide bonds. The molecule has 1 aliphatic heterocycles. The van der Waals surface area contributed by atoms with Crippen molar-refractivity contribution in [2.24, 2.45) is 17.6 Å². The fourth-order valence-electron chi connectivity index (χ4n) is 3.73. The van der Waals surface area contributed by atoms with Gasteiger partial charge in [-0.15, -0.1) is 29.8 Å². The van der Waals surface area contributed by atoms with E-state index in [0.29, 0.717) is 43.0 Å². The zero-order valence-corrected chi connectivity index (χ0v) is 32.0. The van der Waals surface area contributed by atoms with Gasteiger partial charge in [-0.25, -0.2) is 0 Å². The van der Waals surface area contributed by atoms with E-state index < -0.39 is 11.7 Å². The summed E-state index contributed by atoms with van der Waals surface area (Å²) in [5.41, 5.74) is 7.30. The minimum Gasteiger partial charge on any atom is -0.468 e. The minimum atomic E-state index is -4.36. The molecule has 43 heavy (non-hydrogen) atoms. The fourth-order valence-corrected chi connectivity index (χ4v) is 3.73. The number of fused-ring (bicyclic) bond motifs is 1. The van der Waals surface area contributed by atoms with Crippen LogP contribution in [0.15, 0.2) is 36.7 Å². The van der Waals surface area contributed by atoms with E-state index in [4.69, 9.17) is 5.73 Å². The molecule has 1 aromatic carbocycles. The third-order valence-electron chi connectivity index (χ3n) is 6.20. The normalized spacial score (nSPS) is 12.3. The van der Waals surface area contributed by atoms with E-state index in [0.717, 1.165) is 34.4 Å². The summed E-state index contributed by atoms with van der Waals surface area (Å²) in [4.78, 5) is 13.2. The van der Waals surface area contributed by atoms with Gasteiger partial charge < -0.3 is 15.8 Å². The topological polar surface area (TPSA) is 77.2 Å². The summed E-state index contributed by atoms with van der Waals surface area (Å²) in [6.07, 6.45) is 6.64. The Kier molecular flexibility index (Phi) is 29.1. The molecule has 0 radical (unpaired) electrons. The van der Waals surface area contributed by atoms with Crippen molar-refractivity contribution >= 4 is 17.9 Å². The van der Waals surface area contributed by atoms with Crippen molar-refractivity contribution in [3.63, 3.8) is 0 Å². The zero-order valence-electron chi connectivity index (χ0n) is 27.8. The number of carbonyl (C=O) groups is 1. The standard InChI is InChI=1S/C16H13F3N3.C11H24.C3H6O2.2C2H6.U/c17-16(18,19)11-3-1-10(2-4-11)15-12-5-7-21-9-13(12)14(20)6-8-22-15;1-5-11(4)9-7-6-8-10(2)3;1-2-5-3-4;2*1-2;/h1,3-5,7,9,22H,6,8,20H2;10-11H,5-9H2,1-4H3;3H,2H2,1H3;2*1-2H3;/q-1;;;;;. The van der Waals surface area contributed by atoms with Crippen molar-refractivity contribution < 1.29 is 53.8 Å². The van der Waals surface area contributed by atoms with Crippen molar-refractivity contribution in [1.82, 2.24) is 10.3 Å². The minimum absolute atomic E-state index is 0. The van der Waals surface area contributed by atoms with Crippen LogP contribution in [0.1, 0.15) is 112 Å². The maximum Gasteiger partial charge on any atom is 0.381 e. The molecule has 3 N–H and O–H groups in total. The number of hydrogen-bond donors (Lipinski definition) is 2. The van der Waals surface area contributed by atoms with Crippen molar-refractivity contribution in [2.45, 2.75) is 107 Å². The number of benzene rings is 1. The van der Waals surface area contributed by atoms with Gasteiger partial charge in [0.1, 0.15) is 0 Å². The van der Waals surface area contributed by atoms with Crippen molar-refractivity contribution in [2.75, 3.05) is 13.2 Å². The van der Waals surface area contributed by atoms with Gasteiger partial charge in [0, 0.05) is 67.4 Å². The average Bonchev–Trinajstić information content (AvgIpc) is 3.16. The number of hydrogen-bond acceptors (Lipinski definition) is 5. The zero-order chi connectivity index (χ0) is 32.6. The van der Waals surface area contributed by atoms with Crippen LogP contribution in [0.3, 0.4) is 0 Å². The number of nitrogens with zero attached hydrogens (tertiary/aromatic N) is 1. The number of alkyl halides is 3. The Morgan fingerprint density at radius 3 is 2.14 bits per heavy atom. The number of nitrogens with one attached hydrogen (secondary N) is 1. The van der Waals surface area contributed by atoms with Gasteiger partial charge in [-0.3, -0.25) is 9.78 Å². The van der Waals surface area contributed by atoms with Crippen LogP contribution >= 0.6 is 0 Å². The van der Waals surface area contributed by atoms with E-state index in [1.54, 1.807) is 25.4 Å². The Morgan fingerprint density at radius 1 is 1.05 bits per heavy atom. The van der Waals surface area contributed by atoms with Crippen LogP contribution in [-0.4, -0.2) is 24.6 Å². The molecule has 0 saturated carbocycles. The van der Waals surface area contributed by atoms with Crippen molar-refractivity contribution in [3.05, 3.63) is 64.3 Å². The molecule has 2 heterocycles. The van der Waals surface area contributed by atoms with Crippen molar-refractivity contribution in [1.29, 1.82) is 0 Å². The van der Waals surface area contributed by atoms with Gasteiger partial charge in [0.2, 0.25) is 0 Å². The van der Waals surface area contributed by atoms with Crippen LogP contribution < -0.4 is 21.5 Å². The molecule has 1 aliphatic rings. The van der Waals surface area contributed by atoms with Gasteiger partial charge >= 0.3 is 6.18 Å². The van der Waals surface area contributed by atoms with Crippen LogP contribution in [0.25, 0.3) is 11.4 Å². The molecular formula is C34H55F3N3O2U-. The van der Waals surface area contributed by atoms with E-state index in [1.165, 1.54) is 38.2 Å². The summed E-state index contributed by atoms with van der Waals surface area (Å²) in [6.45, 7) is 20.5. The smallest absolute Gasteiger partial charge is 0.381 e. The first-order valence-corrected chi connectivity index (χ1v) is 15.4. The summed E-state index contributed by atoms with van der Waals surface area (Å²) in [6, 6.07) is 7.93. The van der Waals surface area contributed by atoms with E-state index >= 15 is 0 Å². The van der Waals surface area contributed by atoms with E-state index in [-0.39, 0.29) is 31.1 Å². The number of aromatic nitrogens is 1. The molecular weight excluding hydrogens is 777 g/mol. The number of ether oxygens (including phenoxy) is 1. The largest absolute Gasteiger partial charge is 0.468 e. The summed E-state index contributed by atoms with van der Waals surface area (Å²) in [7, 11) is 0. The number of carbonyl (C=O) groups excluding carboxylic acids is 1. The molecule has 0 fully saturated rings. The Balaban J connectivity index is -0.000000644. The number of nitrogens with two attached hydrogens (primary N) is 1. The molecule has 0 spiro atoms. The van der Waals surface area contributed by atoms with Crippen molar-refractivity contribution in [3.8, 4) is 0 Å². The van der Waals surface area contributed by atoms with Crippen LogP contribution in [0.5, 0.6) is 0 Å². The molecule has 1 unspecified atom stereocenters. The Labute approximate surface area is 282 Å². The molecule has 9 heteroatoms. The monoisotopic (exact) mass is 832 g/mol. The summed E-state index contributed by atoms with van der Waals surface area (Å²) in [5, 5.41) is 4.84. The van der Waals surface area contributed by atoms with E-state index in [9.17, 15) is 18.0 Å². The molecule has 1 aromatic heterocycles.